The Hall–Kier alpha value is -1.75. The van der Waals surface area contributed by atoms with Crippen molar-refractivity contribution in [3.8, 4) is 0 Å². The van der Waals surface area contributed by atoms with Gasteiger partial charge in [0.15, 0.2) is 0 Å². The highest BCUT2D eigenvalue weighted by molar-refractivity contribution is 6.36. The monoisotopic (exact) mass is 412 g/mol. The molecule has 2 amide bonds. The lowest BCUT2D eigenvalue weighted by molar-refractivity contribution is -0.118. The summed E-state index contributed by atoms with van der Waals surface area (Å²) in [6.07, 6.45) is 0. The largest absolute Gasteiger partial charge is 0.340 e. The predicted octanol–water partition coefficient (Wildman–Crippen LogP) is 5.35. The van der Waals surface area contributed by atoms with Crippen molar-refractivity contribution in [1.29, 1.82) is 0 Å². The van der Waals surface area contributed by atoms with Gasteiger partial charge in [-0.3, -0.25) is 9.59 Å². The van der Waals surface area contributed by atoms with Crippen molar-refractivity contribution in [2.24, 2.45) is 5.92 Å². The topological polar surface area (TPSA) is 58.2 Å². The van der Waals surface area contributed by atoms with Crippen LogP contribution in [0.2, 0.25) is 15.1 Å². The molecule has 0 aliphatic heterocycles. The summed E-state index contributed by atoms with van der Waals surface area (Å²) in [4.78, 5) is 25.2. The van der Waals surface area contributed by atoms with Gasteiger partial charge >= 0.3 is 0 Å². The molecule has 0 radical (unpaired) electrons. The average molecular weight is 414 g/mol. The molecule has 0 spiro atoms. The van der Waals surface area contributed by atoms with Crippen LogP contribution in [0.5, 0.6) is 0 Å². The van der Waals surface area contributed by atoms with Crippen molar-refractivity contribution >= 4 is 52.3 Å². The van der Waals surface area contributed by atoms with E-state index in [1.807, 2.05) is 26.8 Å². The maximum absolute atomic E-state index is 12.7. The van der Waals surface area contributed by atoms with E-state index >= 15 is 0 Å². The van der Waals surface area contributed by atoms with Crippen LogP contribution >= 0.6 is 34.8 Å². The zero-order chi connectivity index (χ0) is 19.4. The zero-order valence-electron chi connectivity index (χ0n) is 14.6. The Morgan fingerprint density at radius 3 is 2.19 bits per heavy atom. The second-order valence-corrected chi connectivity index (χ2v) is 7.55. The highest BCUT2D eigenvalue weighted by Gasteiger charge is 2.26. The maximum Gasteiger partial charge on any atom is 0.253 e. The molecule has 0 unspecified atom stereocenters. The molecule has 0 aliphatic carbocycles. The van der Waals surface area contributed by atoms with Gasteiger partial charge in [-0.25, -0.2) is 0 Å². The summed E-state index contributed by atoms with van der Waals surface area (Å²) < 4.78 is 0. The molecule has 2 aromatic rings. The van der Waals surface area contributed by atoms with Crippen LogP contribution in [0.3, 0.4) is 0 Å². The first-order chi connectivity index (χ1) is 12.2. The van der Waals surface area contributed by atoms with Gasteiger partial charge in [0.25, 0.3) is 5.91 Å². The van der Waals surface area contributed by atoms with Gasteiger partial charge in [-0.15, -0.1) is 0 Å². The van der Waals surface area contributed by atoms with E-state index in [9.17, 15) is 9.59 Å². The Balaban J connectivity index is 2.18. The maximum atomic E-state index is 12.7. The van der Waals surface area contributed by atoms with E-state index in [1.165, 1.54) is 12.1 Å². The second-order valence-electron chi connectivity index (χ2n) is 6.27. The SMILES string of the molecule is Cc1ccc(Cl)cc1NC(=O)[C@@H](NC(=O)c1ccc(Cl)cc1Cl)C(C)C. The standard InChI is InChI=1S/C19H19Cl3N2O2/c1-10(2)17(19(26)23-16-9-13(21)5-4-11(16)3)24-18(25)14-7-6-12(20)8-15(14)22/h4-10,17H,1-3H3,(H,23,26)(H,24,25)/t17-/m0/s1. The van der Waals surface area contributed by atoms with Crippen LogP contribution in [0.25, 0.3) is 0 Å². The van der Waals surface area contributed by atoms with Crippen molar-refractivity contribution in [2.75, 3.05) is 5.32 Å². The Morgan fingerprint density at radius 1 is 0.962 bits per heavy atom. The Labute approximate surface area is 167 Å². The molecule has 2 N–H and O–H groups in total. The lowest BCUT2D eigenvalue weighted by Gasteiger charge is -2.22. The Bertz CT molecular complexity index is 838. The number of nitrogens with one attached hydrogen (secondary N) is 2. The van der Waals surface area contributed by atoms with Gasteiger partial charge in [0.2, 0.25) is 5.91 Å². The fourth-order valence-electron chi connectivity index (χ4n) is 2.37. The molecule has 1 atom stereocenters. The molecule has 138 valence electrons. The molecule has 0 fully saturated rings. The highest BCUT2D eigenvalue weighted by Crippen LogP contribution is 2.23. The van der Waals surface area contributed by atoms with E-state index in [0.29, 0.717) is 15.7 Å². The number of amides is 2. The number of carbonyl (C=O) groups excluding carboxylic acids is 2. The number of rotatable bonds is 5. The van der Waals surface area contributed by atoms with Crippen LogP contribution < -0.4 is 10.6 Å². The fraction of sp³-hybridized carbons (Fsp3) is 0.263. The van der Waals surface area contributed by atoms with Gasteiger partial charge in [-0.05, 0) is 48.7 Å². The molecule has 0 aromatic heterocycles. The fourth-order valence-corrected chi connectivity index (χ4v) is 3.03. The molecule has 0 saturated carbocycles. The molecule has 0 saturated heterocycles. The first-order valence-corrected chi connectivity index (χ1v) is 9.15. The predicted molar refractivity (Wildman–Crippen MR) is 107 cm³/mol. The van der Waals surface area contributed by atoms with Crippen LogP contribution in [0.15, 0.2) is 36.4 Å². The third-order valence-electron chi connectivity index (χ3n) is 3.87. The zero-order valence-corrected chi connectivity index (χ0v) is 16.8. The van der Waals surface area contributed by atoms with Crippen LogP contribution in [-0.2, 0) is 4.79 Å². The summed E-state index contributed by atoms with van der Waals surface area (Å²) >= 11 is 17.9. The van der Waals surface area contributed by atoms with Crippen molar-refractivity contribution in [3.63, 3.8) is 0 Å². The van der Waals surface area contributed by atoms with Gasteiger partial charge in [0.1, 0.15) is 6.04 Å². The van der Waals surface area contributed by atoms with E-state index in [0.717, 1.165) is 5.56 Å². The van der Waals surface area contributed by atoms with Crippen LogP contribution in [0.4, 0.5) is 5.69 Å². The van der Waals surface area contributed by atoms with E-state index in [4.69, 9.17) is 34.8 Å². The highest BCUT2D eigenvalue weighted by atomic mass is 35.5. The number of hydrogen-bond donors (Lipinski definition) is 2. The molecular formula is C19H19Cl3N2O2. The van der Waals surface area contributed by atoms with E-state index in [2.05, 4.69) is 10.6 Å². The number of benzene rings is 2. The van der Waals surface area contributed by atoms with Crippen molar-refractivity contribution in [1.82, 2.24) is 5.32 Å². The quantitative estimate of drug-likeness (QED) is 0.694. The second kappa shape index (κ2) is 8.76. The number of hydrogen-bond acceptors (Lipinski definition) is 2. The molecular weight excluding hydrogens is 395 g/mol. The van der Waals surface area contributed by atoms with Gasteiger partial charge in [0.05, 0.1) is 10.6 Å². The van der Waals surface area contributed by atoms with Gasteiger partial charge in [-0.2, -0.15) is 0 Å². The van der Waals surface area contributed by atoms with Gasteiger partial charge in [-0.1, -0.05) is 54.7 Å². The Kier molecular flexibility index (Phi) is 6.93. The summed E-state index contributed by atoms with van der Waals surface area (Å²) in [7, 11) is 0. The summed E-state index contributed by atoms with van der Waals surface area (Å²) in [6.45, 7) is 5.56. The molecule has 2 rings (SSSR count). The summed E-state index contributed by atoms with van der Waals surface area (Å²) in [5.74, 6) is -0.906. The van der Waals surface area contributed by atoms with Gasteiger partial charge in [0, 0.05) is 15.7 Å². The molecule has 2 aromatic carbocycles. The smallest absolute Gasteiger partial charge is 0.253 e. The van der Waals surface area contributed by atoms with E-state index < -0.39 is 11.9 Å². The summed E-state index contributed by atoms with van der Waals surface area (Å²) in [5, 5.41) is 6.73. The number of anilines is 1. The summed E-state index contributed by atoms with van der Waals surface area (Å²) in [6, 6.07) is 9.07. The average Bonchev–Trinajstić information content (AvgIpc) is 2.55. The number of carbonyl (C=O) groups is 2. The lowest BCUT2D eigenvalue weighted by atomic mass is 10.0. The molecule has 26 heavy (non-hydrogen) atoms. The summed E-state index contributed by atoms with van der Waals surface area (Å²) in [5.41, 5.74) is 1.73. The van der Waals surface area contributed by atoms with E-state index in [-0.39, 0.29) is 22.4 Å². The van der Waals surface area contributed by atoms with Crippen LogP contribution in [0, 0.1) is 12.8 Å². The normalized spacial score (nSPS) is 12.0. The third kappa shape index (κ3) is 5.13. The van der Waals surface area contributed by atoms with Crippen molar-refractivity contribution in [3.05, 3.63) is 62.6 Å². The van der Waals surface area contributed by atoms with E-state index in [1.54, 1.807) is 18.2 Å². The first-order valence-electron chi connectivity index (χ1n) is 8.02. The Morgan fingerprint density at radius 2 is 1.58 bits per heavy atom. The molecule has 0 bridgehead atoms. The molecule has 4 nitrogen and oxygen atoms in total. The minimum absolute atomic E-state index is 0.135. The van der Waals surface area contributed by atoms with Crippen molar-refractivity contribution in [2.45, 2.75) is 26.8 Å². The minimum atomic E-state index is -0.743. The van der Waals surface area contributed by atoms with Gasteiger partial charge < -0.3 is 10.6 Å². The molecule has 7 heteroatoms. The first kappa shape index (κ1) is 20.6. The molecule has 0 heterocycles. The van der Waals surface area contributed by atoms with Crippen LogP contribution in [-0.4, -0.2) is 17.9 Å². The number of aryl methyl sites for hydroxylation is 1. The van der Waals surface area contributed by atoms with Crippen molar-refractivity contribution < 1.29 is 9.59 Å². The van der Waals surface area contributed by atoms with Crippen LogP contribution in [0.1, 0.15) is 29.8 Å². The third-order valence-corrected chi connectivity index (χ3v) is 4.65. The number of halogens is 3. The molecule has 0 aliphatic rings. The minimum Gasteiger partial charge on any atom is -0.340 e. The lowest BCUT2D eigenvalue weighted by Crippen LogP contribution is -2.47.